The fourth-order valence-electron chi connectivity index (χ4n) is 1.06. The molecular weight excluding hydrogens is 154 g/mol. The fourth-order valence-corrected chi connectivity index (χ4v) is 1.06. The van der Waals surface area contributed by atoms with Crippen LogP contribution >= 0.6 is 0 Å². The maximum absolute atomic E-state index is 11.4. The van der Waals surface area contributed by atoms with Crippen molar-refractivity contribution < 1.29 is 9.53 Å². The van der Waals surface area contributed by atoms with Crippen LogP contribution in [0.2, 0.25) is 0 Å². The number of ether oxygens (including phenoxy) is 1. The zero-order chi connectivity index (χ0) is 9.19. The van der Waals surface area contributed by atoms with Gasteiger partial charge in [-0.1, -0.05) is 0 Å². The van der Waals surface area contributed by atoms with Gasteiger partial charge in [-0.3, -0.25) is 4.79 Å². The van der Waals surface area contributed by atoms with E-state index >= 15 is 0 Å². The van der Waals surface area contributed by atoms with Gasteiger partial charge in [0, 0.05) is 6.54 Å². The van der Waals surface area contributed by atoms with E-state index in [1.807, 2.05) is 20.8 Å². The summed E-state index contributed by atoms with van der Waals surface area (Å²) in [4.78, 5) is 11.4. The summed E-state index contributed by atoms with van der Waals surface area (Å²) in [5, 5.41) is 3.15. The molecule has 0 bridgehead atoms. The number of hydrogen-bond acceptors (Lipinski definition) is 3. The van der Waals surface area contributed by atoms with Gasteiger partial charge in [0.2, 0.25) is 0 Å². The molecule has 3 heteroatoms. The Morgan fingerprint density at radius 3 is 2.58 bits per heavy atom. The van der Waals surface area contributed by atoms with Gasteiger partial charge in [-0.2, -0.15) is 0 Å². The molecule has 0 aliphatic carbocycles. The van der Waals surface area contributed by atoms with E-state index in [1.165, 1.54) is 0 Å². The van der Waals surface area contributed by atoms with Crippen LogP contribution in [0.25, 0.3) is 0 Å². The standard InChI is InChI=1S/C9H17NO2/c1-9(2,3)8(11)12-7-4-5-10-6-7/h7,10H,4-6H2,1-3H3. The molecule has 1 heterocycles. The van der Waals surface area contributed by atoms with Gasteiger partial charge >= 0.3 is 5.97 Å². The molecule has 1 unspecified atom stereocenters. The molecule has 0 amide bonds. The molecule has 1 rings (SSSR count). The Labute approximate surface area is 73.5 Å². The first-order chi connectivity index (χ1) is 5.50. The molecule has 1 fully saturated rings. The molecule has 0 aromatic carbocycles. The molecule has 0 aromatic rings. The average Bonchev–Trinajstić information content (AvgIpc) is 2.37. The van der Waals surface area contributed by atoms with E-state index in [4.69, 9.17) is 4.74 Å². The lowest BCUT2D eigenvalue weighted by Crippen LogP contribution is -2.29. The maximum Gasteiger partial charge on any atom is 0.311 e. The number of carbonyl (C=O) groups excluding carboxylic acids is 1. The van der Waals surface area contributed by atoms with Gasteiger partial charge < -0.3 is 10.1 Å². The zero-order valence-corrected chi connectivity index (χ0v) is 8.02. The van der Waals surface area contributed by atoms with Gasteiger partial charge in [-0.05, 0) is 33.7 Å². The summed E-state index contributed by atoms with van der Waals surface area (Å²) in [7, 11) is 0. The molecular formula is C9H17NO2. The molecule has 1 saturated heterocycles. The lowest BCUT2D eigenvalue weighted by atomic mass is 9.97. The molecule has 70 valence electrons. The van der Waals surface area contributed by atoms with Crippen molar-refractivity contribution >= 4 is 5.97 Å². The van der Waals surface area contributed by atoms with Gasteiger partial charge in [0.25, 0.3) is 0 Å². The van der Waals surface area contributed by atoms with E-state index in [9.17, 15) is 4.79 Å². The quantitative estimate of drug-likeness (QED) is 0.597. The largest absolute Gasteiger partial charge is 0.461 e. The Kier molecular flexibility index (Phi) is 2.73. The van der Waals surface area contributed by atoms with Crippen LogP contribution in [0, 0.1) is 5.41 Å². The molecule has 1 atom stereocenters. The fraction of sp³-hybridized carbons (Fsp3) is 0.889. The third-order valence-electron chi connectivity index (χ3n) is 1.90. The van der Waals surface area contributed by atoms with Crippen LogP contribution < -0.4 is 5.32 Å². The summed E-state index contributed by atoms with van der Waals surface area (Å²) < 4.78 is 5.27. The highest BCUT2D eigenvalue weighted by Crippen LogP contribution is 2.17. The highest BCUT2D eigenvalue weighted by molar-refractivity contribution is 5.75. The number of nitrogens with one attached hydrogen (secondary N) is 1. The molecule has 1 aliphatic heterocycles. The Morgan fingerprint density at radius 1 is 1.50 bits per heavy atom. The first-order valence-corrected chi connectivity index (χ1v) is 4.42. The smallest absolute Gasteiger partial charge is 0.311 e. The normalized spacial score (nSPS) is 24.1. The summed E-state index contributed by atoms with van der Waals surface area (Å²) in [6, 6.07) is 0. The minimum atomic E-state index is -0.372. The Morgan fingerprint density at radius 2 is 2.17 bits per heavy atom. The predicted molar refractivity (Wildman–Crippen MR) is 46.8 cm³/mol. The van der Waals surface area contributed by atoms with Gasteiger partial charge in [0.15, 0.2) is 0 Å². The van der Waals surface area contributed by atoms with E-state index in [0.717, 1.165) is 19.5 Å². The van der Waals surface area contributed by atoms with Crippen molar-refractivity contribution in [2.45, 2.75) is 33.3 Å². The predicted octanol–water partition coefficient (Wildman–Crippen LogP) is 0.938. The summed E-state index contributed by atoms with van der Waals surface area (Å²) in [6.45, 7) is 7.39. The SMILES string of the molecule is CC(C)(C)C(=O)OC1CCNC1. The Balaban J connectivity index is 2.35. The second kappa shape index (κ2) is 3.44. The third kappa shape index (κ3) is 2.48. The lowest BCUT2D eigenvalue weighted by Gasteiger charge is -2.19. The van der Waals surface area contributed by atoms with Crippen LogP contribution in [0.5, 0.6) is 0 Å². The Hall–Kier alpha value is -0.570. The van der Waals surface area contributed by atoms with Crippen molar-refractivity contribution in [2.75, 3.05) is 13.1 Å². The van der Waals surface area contributed by atoms with Crippen LogP contribution in [0.1, 0.15) is 27.2 Å². The first kappa shape index (κ1) is 9.52. The van der Waals surface area contributed by atoms with Gasteiger partial charge in [0.1, 0.15) is 6.10 Å². The molecule has 0 radical (unpaired) electrons. The van der Waals surface area contributed by atoms with Gasteiger partial charge in [-0.15, -0.1) is 0 Å². The van der Waals surface area contributed by atoms with E-state index in [2.05, 4.69) is 5.32 Å². The second-order valence-corrected chi connectivity index (χ2v) is 4.27. The summed E-state index contributed by atoms with van der Waals surface area (Å²) in [5.41, 5.74) is -0.372. The number of esters is 1. The van der Waals surface area contributed by atoms with Crippen LogP contribution in [-0.2, 0) is 9.53 Å². The lowest BCUT2D eigenvalue weighted by molar-refractivity contribution is -0.157. The molecule has 0 saturated carbocycles. The van der Waals surface area contributed by atoms with Crippen molar-refractivity contribution in [3.63, 3.8) is 0 Å². The minimum absolute atomic E-state index is 0.0942. The molecule has 1 aliphatic rings. The van der Waals surface area contributed by atoms with Crippen LogP contribution in [0.15, 0.2) is 0 Å². The van der Waals surface area contributed by atoms with Crippen molar-refractivity contribution in [3.8, 4) is 0 Å². The molecule has 1 N–H and O–H groups in total. The number of rotatable bonds is 1. The second-order valence-electron chi connectivity index (χ2n) is 4.27. The van der Waals surface area contributed by atoms with Crippen molar-refractivity contribution in [3.05, 3.63) is 0 Å². The summed E-state index contributed by atoms with van der Waals surface area (Å²) >= 11 is 0. The van der Waals surface area contributed by atoms with Crippen molar-refractivity contribution in [2.24, 2.45) is 5.41 Å². The minimum Gasteiger partial charge on any atom is -0.461 e. The summed E-state index contributed by atoms with van der Waals surface area (Å²) in [5.74, 6) is -0.101. The van der Waals surface area contributed by atoms with Crippen LogP contribution in [-0.4, -0.2) is 25.2 Å². The molecule has 3 nitrogen and oxygen atoms in total. The highest BCUT2D eigenvalue weighted by atomic mass is 16.5. The zero-order valence-electron chi connectivity index (χ0n) is 8.02. The van der Waals surface area contributed by atoms with Gasteiger partial charge in [0.05, 0.1) is 5.41 Å². The maximum atomic E-state index is 11.4. The van der Waals surface area contributed by atoms with E-state index in [1.54, 1.807) is 0 Å². The average molecular weight is 171 g/mol. The van der Waals surface area contributed by atoms with Crippen LogP contribution in [0.3, 0.4) is 0 Å². The first-order valence-electron chi connectivity index (χ1n) is 4.42. The summed E-state index contributed by atoms with van der Waals surface area (Å²) in [6.07, 6.45) is 1.04. The molecule has 0 spiro atoms. The molecule has 0 aromatic heterocycles. The highest BCUT2D eigenvalue weighted by Gasteiger charge is 2.27. The topological polar surface area (TPSA) is 38.3 Å². The number of hydrogen-bond donors (Lipinski definition) is 1. The van der Waals surface area contributed by atoms with Crippen LogP contribution in [0.4, 0.5) is 0 Å². The molecule has 12 heavy (non-hydrogen) atoms. The van der Waals surface area contributed by atoms with E-state index in [-0.39, 0.29) is 17.5 Å². The number of carbonyl (C=O) groups is 1. The van der Waals surface area contributed by atoms with E-state index in [0.29, 0.717) is 0 Å². The van der Waals surface area contributed by atoms with Crippen molar-refractivity contribution in [1.82, 2.24) is 5.32 Å². The third-order valence-corrected chi connectivity index (χ3v) is 1.90. The van der Waals surface area contributed by atoms with Gasteiger partial charge in [-0.25, -0.2) is 0 Å². The monoisotopic (exact) mass is 171 g/mol. The Bertz CT molecular complexity index is 166. The van der Waals surface area contributed by atoms with Crippen molar-refractivity contribution in [1.29, 1.82) is 0 Å². The van der Waals surface area contributed by atoms with E-state index < -0.39 is 0 Å².